The Morgan fingerprint density at radius 1 is 1.29 bits per heavy atom. The van der Waals surface area contributed by atoms with Gasteiger partial charge in [-0.2, -0.15) is 5.10 Å². The Bertz CT molecular complexity index is 590. The number of aromatic nitrogens is 2. The molecule has 2 heterocycles. The molecule has 4 nitrogen and oxygen atoms in total. The van der Waals surface area contributed by atoms with E-state index in [1.165, 1.54) is 11.3 Å². The van der Waals surface area contributed by atoms with Crippen molar-refractivity contribution < 1.29 is 0 Å². The van der Waals surface area contributed by atoms with E-state index in [4.69, 9.17) is 0 Å². The first kappa shape index (κ1) is 14.1. The van der Waals surface area contributed by atoms with Crippen LogP contribution in [0.2, 0.25) is 0 Å². The minimum absolute atomic E-state index is 0.372. The van der Waals surface area contributed by atoms with Gasteiger partial charge in [0.1, 0.15) is 0 Å². The molecule has 1 aliphatic rings. The molecular weight excluding hydrogens is 260 g/mol. The van der Waals surface area contributed by atoms with Gasteiger partial charge in [0.15, 0.2) is 0 Å². The quantitative estimate of drug-likeness (QED) is 0.940. The molecule has 1 saturated heterocycles. The van der Waals surface area contributed by atoms with E-state index in [9.17, 15) is 0 Å². The van der Waals surface area contributed by atoms with E-state index >= 15 is 0 Å². The number of benzene rings is 1. The summed E-state index contributed by atoms with van der Waals surface area (Å²) in [6.07, 6.45) is 3.29. The van der Waals surface area contributed by atoms with Crippen LogP contribution in [0.15, 0.2) is 36.5 Å². The predicted molar refractivity (Wildman–Crippen MR) is 86.6 cm³/mol. The molecule has 112 valence electrons. The molecule has 0 saturated carbocycles. The summed E-state index contributed by atoms with van der Waals surface area (Å²) in [5, 5.41) is 8.19. The molecule has 0 bridgehead atoms. The molecule has 1 aliphatic heterocycles. The zero-order valence-electron chi connectivity index (χ0n) is 13.1. The van der Waals surface area contributed by atoms with Gasteiger partial charge in [-0.05, 0) is 18.9 Å². The number of anilines is 1. The number of aryl methyl sites for hydroxylation is 2. The second kappa shape index (κ2) is 5.90. The van der Waals surface area contributed by atoms with Gasteiger partial charge in [-0.1, -0.05) is 37.3 Å². The number of rotatable bonds is 3. The lowest BCUT2D eigenvalue weighted by Gasteiger charge is -2.41. The van der Waals surface area contributed by atoms with Crippen molar-refractivity contribution in [3.05, 3.63) is 47.8 Å². The molecule has 21 heavy (non-hydrogen) atoms. The van der Waals surface area contributed by atoms with Crippen LogP contribution < -0.4 is 10.2 Å². The van der Waals surface area contributed by atoms with Crippen LogP contribution in [0.25, 0.3) is 0 Å². The summed E-state index contributed by atoms with van der Waals surface area (Å²) in [7, 11) is 1.99. The van der Waals surface area contributed by atoms with Crippen LogP contribution in [0, 0.1) is 6.92 Å². The van der Waals surface area contributed by atoms with Crippen molar-refractivity contribution >= 4 is 5.69 Å². The van der Waals surface area contributed by atoms with Gasteiger partial charge in [-0.25, -0.2) is 0 Å². The van der Waals surface area contributed by atoms with Crippen molar-refractivity contribution in [2.24, 2.45) is 7.05 Å². The molecule has 2 unspecified atom stereocenters. The fourth-order valence-electron chi connectivity index (χ4n) is 3.20. The molecular formula is C17H24N4. The Morgan fingerprint density at radius 2 is 2.05 bits per heavy atom. The molecule has 0 amide bonds. The number of hydrogen-bond donors (Lipinski definition) is 1. The van der Waals surface area contributed by atoms with Crippen molar-refractivity contribution in [1.29, 1.82) is 0 Å². The molecule has 1 aromatic carbocycles. The summed E-state index contributed by atoms with van der Waals surface area (Å²) in [4.78, 5) is 2.52. The highest BCUT2D eigenvalue weighted by atomic mass is 15.3. The second-order valence-corrected chi connectivity index (χ2v) is 5.87. The number of nitrogens with one attached hydrogen (secondary N) is 1. The fourth-order valence-corrected chi connectivity index (χ4v) is 3.20. The first-order valence-corrected chi connectivity index (χ1v) is 7.74. The van der Waals surface area contributed by atoms with Crippen molar-refractivity contribution in [1.82, 2.24) is 15.1 Å². The summed E-state index contributed by atoms with van der Waals surface area (Å²) < 4.78 is 1.91. The molecule has 3 rings (SSSR count). The SMILES string of the molecule is CCC1CN(c2cn(C)nc2C)C(c2ccccc2)CN1. The Hall–Kier alpha value is -1.81. The van der Waals surface area contributed by atoms with E-state index in [0.29, 0.717) is 12.1 Å². The minimum atomic E-state index is 0.372. The maximum absolute atomic E-state index is 4.52. The fraction of sp³-hybridized carbons (Fsp3) is 0.471. The Morgan fingerprint density at radius 3 is 2.67 bits per heavy atom. The van der Waals surface area contributed by atoms with Crippen molar-refractivity contribution in [3.63, 3.8) is 0 Å². The Balaban J connectivity index is 1.96. The van der Waals surface area contributed by atoms with E-state index in [1.54, 1.807) is 0 Å². The molecule has 1 aromatic heterocycles. The molecule has 1 N–H and O–H groups in total. The third-order valence-corrected chi connectivity index (χ3v) is 4.37. The van der Waals surface area contributed by atoms with Gasteiger partial charge in [0.05, 0.1) is 17.4 Å². The van der Waals surface area contributed by atoms with Crippen molar-refractivity contribution in [2.45, 2.75) is 32.4 Å². The molecule has 2 aromatic rings. The molecule has 0 radical (unpaired) electrons. The van der Waals surface area contributed by atoms with Crippen LogP contribution in [0.4, 0.5) is 5.69 Å². The average Bonchev–Trinajstić information content (AvgIpc) is 2.86. The monoisotopic (exact) mass is 284 g/mol. The maximum atomic E-state index is 4.52. The third kappa shape index (κ3) is 2.81. The summed E-state index contributed by atoms with van der Waals surface area (Å²) in [6.45, 7) is 6.36. The van der Waals surface area contributed by atoms with Crippen LogP contribution in [-0.4, -0.2) is 28.9 Å². The van der Waals surface area contributed by atoms with E-state index in [0.717, 1.165) is 25.2 Å². The summed E-state index contributed by atoms with van der Waals surface area (Å²) in [5.74, 6) is 0. The molecule has 0 spiro atoms. The predicted octanol–water partition coefficient (Wildman–Crippen LogP) is 2.66. The smallest absolute Gasteiger partial charge is 0.0827 e. The van der Waals surface area contributed by atoms with E-state index in [-0.39, 0.29) is 0 Å². The van der Waals surface area contributed by atoms with E-state index in [2.05, 4.69) is 65.7 Å². The lowest BCUT2D eigenvalue weighted by molar-refractivity contribution is 0.389. The van der Waals surface area contributed by atoms with Crippen molar-refractivity contribution in [3.8, 4) is 0 Å². The highest BCUT2D eigenvalue weighted by Crippen LogP contribution is 2.31. The lowest BCUT2D eigenvalue weighted by atomic mass is 9.99. The van der Waals surface area contributed by atoms with E-state index in [1.807, 2.05) is 11.7 Å². The Labute approximate surface area is 126 Å². The lowest BCUT2D eigenvalue weighted by Crippen LogP contribution is -2.52. The van der Waals surface area contributed by atoms with Gasteiger partial charge >= 0.3 is 0 Å². The summed E-state index contributed by atoms with van der Waals surface area (Å²) in [5.41, 5.74) is 3.73. The van der Waals surface area contributed by atoms with Gasteiger partial charge in [0.2, 0.25) is 0 Å². The maximum Gasteiger partial charge on any atom is 0.0827 e. The summed E-state index contributed by atoms with van der Waals surface area (Å²) in [6, 6.07) is 11.7. The normalized spacial score (nSPS) is 22.5. The van der Waals surface area contributed by atoms with Gasteiger partial charge in [-0.15, -0.1) is 0 Å². The largest absolute Gasteiger partial charge is 0.359 e. The van der Waals surface area contributed by atoms with Gasteiger partial charge < -0.3 is 10.2 Å². The van der Waals surface area contributed by atoms with E-state index < -0.39 is 0 Å². The first-order chi connectivity index (χ1) is 10.2. The van der Waals surface area contributed by atoms with Gasteiger partial charge in [0, 0.05) is 32.4 Å². The topological polar surface area (TPSA) is 33.1 Å². The summed E-state index contributed by atoms with van der Waals surface area (Å²) >= 11 is 0. The van der Waals surface area contributed by atoms with Gasteiger partial charge in [0.25, 0.3) is 0 Å². The van der Waals surface area contributed by atoms with Crippen LogP contribution in [0.3, 0.4) is 0 Å². The standard InChI is InChI=1S/C17H24N4/c1-4-15-11-21(17-12-20(3)19-13(17)2)16(10-18-15)14-8-6-5-7-9-14/h5-9,12,15-16,18H,4,10-11H2,1-3H3. The first-order valence-electron chi connectivity index (χ1n) is 7.74. The molecule has 1 fully saturated rings. The average molecular weight is 284 g/mol. The van der Waals surface area contributed by atoms with Gasteiger partial charge in [-0.3, -0.25) is 4.68 Å². The molecule has 2 atom stereocenters. The zero-order valence-corrected chi connectivity index (χ0v) is 13.1. The number of nitrogens with zero attached hydrogens (tertiary/aromatic N) is 3. The van der Waals surface area contributed by atoms with Crippen LogP contribution >= 0.6 is 0 Å². The third-order valence-electron chi connectivity index (χ3n) is 4.37. The number of hydrogen-bond acceptors (Lipinski definition) is 3. The molecule has 4 heteroatoms. The zero-order chi connectivity index (χ0) is 14.8. The highest BCUT2D eigenvalue weighted by Gasteiger charge is 2.30. The Kier molecular flexibility index (Phi) is 3.97. The van der Waals surface area contributed by atoms with Crippen LogP contribution in [0.1, 0.15) is 30.6 Å². The minimum Gasteiger partial charge on any atom is -0.359 e. The van der Waals surface area contributed by atoms with Crippen LogP contribution in [-0.2, 0) is 7.05 Å². The van der Waals surface area contributed by atoms with Crippen molar-refractivity contribution in [2.75, 3.05) is 18.0 Å². The second-order valence-electron chi connectivity index (χ2n) is 5.87. The van der Waals surface area contributed by atoms with Crippen LogP contribution in [0.5, 0.6) is 0 Å². The number of piperazine rings is 1. The molecule has 0 aliphatic carbocycles. The highest BCUT2D eigenvalue weighted by molar-refractivity contribution is 5.52.